The van der Waals surface area contributed by atoms with Crippen molar-refractivity contribution in [2.75, 3.05) is 20.0 Å². The maximum absolute atomic E-state index is 5.81. The molecule has 2 rings (SSSR count). The molecular formula is C14H22N2O2S. The summed E-state index contributed by atoms with van der Waals surface area (Å²) in [5.74, 6) is 8.66. The van der Waals surface area contributed by atoms with Crippen LogP contribution in [-0.2, 0) is 0 Å². The normalized spacial score (nSPS) is 20.9. The molecule has 1 heterocycles. The summed E-state index contributed by atoms with van der Waals surface area (Å²) in [7, 11) is 3.36. The molecule has 1 aromatic rings. The maximum Gasteiger partial charge on any atom is 0.127 e. The number of hydrogen-bond acceptors (Lipinski definition) is 5. The first-order chi connectivity index (χ1) is 9.31. The molecule has 19 heavy (non-hydrogen) atoms. The molecule has 1 saturated heterocycles. The van der Waals surface area contributed by atoms with E-state index in [0.717, 1.165) is 17.1 Å². The molecule has 0 aliphatic carbocycles. The van der Waals surface area contributed by atoms with Gasteiger partial charge in [-0.15, -0.1) is 0 Å². The number of thioether (sulfide) groups is 1. The van der Waals surface area contributed by atoms with Crippen LogP contribution in [-0.4, -0.2) is 25.2 Å². The molecule has 0 aromatic heterocycles. The average molecular weight is 282 g/mol. The van der Waals surface area contributed by atoms with E-state index in [1.807, 2.05) is 30.0 Å². The van der Waals surface area contributed by atoms with E-state index in [1.54, 1.807) is 14.2 Å². The summed E-state index contributed by atoms with van der Waals surface area (Å²) in [6, 6.07) is 5.89. The van der Waals surface area contributed by atoms with Gasteiger partial charge >= 0.3 is 0 Å². The van der Waals surface area contributed by atoms with Gasteiger partial charge in [0.15, 0.2) is 0 Å². The number of nitrogens with one attached hydrogen (secondary N) is 1. The van der Waals surface area contributed by atoms with E-state index in [9.17, 15) is 0 Å². The van der Waals surface area contributed by atoms with E-state index in [1.165, 1.54) is 25.0 Å². The van der Waals surface area contributed by atoms with Crippen molar-refractivity contribution in [2.24, 2.45) is 5.84 Å². The lowest BCUT2D eigenvalue weighted by molar-refractivity contribution is 0.365. The fourth-order valence-electron chi connectivity index (χ4n) is 2.59. The van der Waals surface area contributed by atoms with E-state index in [4.69, 9.17) is 15.3 Å². The van der Waals surface area contributed by atoms with E-state index in [0.29, 0.717) is 5.25 Å². The van der Waals surface area contributed by atoms with Gasteiger partial charge in [0, 0.05) is 5.25 Å². The van der Waals surface area contributed by atoms with Gasteiger partial charge in [-0.2, -0.15) is 11.8 Å². The van der Waals surface area contributed by atoms with Gasteiger partial charge in [-0.05, 0) is 30.7 Å². The third-order valence-electron chi connectivity index (χ3n) is 3.54. The van der Waals surface area contributed by atoms with Gasteiger partial charge in [0.1, 0.15) is 11.5 Å². The summed E-state index contributed by atoms with van der Waals surface area (Å²) >= 11 is 1.98. The second kappa shape index (κ2) is 7.03. The van der Waals surface area contributed by atoms with Gasteiger partial charge in [0.25, 0.3) is 0 Å². The highest BCUT2D eigenvalue weighted by Crippen LogP contribution is 2.41. The standard InChI is InChI=1S/C14H22N2O2S/c1-17-10-6-5-7-11(18-2)13(10)14(16-15)12-8-3-4-9-19-12/h5-7,12,14,16H,3-4,8-9,15H2,1-2H3. The summed E-state index contributed by atoms with van der Waals surface area (Å²) in [6.07, 6.45) is 3.72. The van der Waals surface area contributed by atoms with E-state index < -0.39 is 0 Å². The van der Waals surface area contributed by atoms with Crippen molar-refractivity contribution in [1.29, 1.82) is 0 Å². The predicted octanol–water partition coefficient (Wildman–Crippen LogP) is 2.49. The molecule has 2 unspecified atom stereocenters. The number of methoxy groups -OCH3 is 2. The third-order valence-corrected chi connectivity index (χ3v) is 5.00. The molecule has 1 aliphatic heterocycles. The molecule has 4 nitrogen and oxygen atoms in total. The van der Waals surface area contributed by atoms with E-state index in [-0.39, 0.29) is 6.04 Å². The first-order valence-electron chi connectivity index (χ1n) is 6.60. The first-order valence-corrected chi connectivity index (χ1v) is 7.65. The Bertz CT molecular complexity index is 386. The molecule has 1 fully saturated rings. The highest BCUT2D eigenvalue weighted by atomic mass is 32.2. The lowest BCUT2D eigenvalue weighted by Crippen LogP contribution is -2.36. The van der Waals surface area contributed by atoms with E-state index in [2.05, 4.69) is 5.43 Å². The third kappa shape index (κ3) is 3.16. The molecular weight excluding hydrogens is 260 g/mol. The Balaban J connectivity index is 2.35. The lowest BCUT2D eigenvalue weighted by Gasteiger charge is -2.31. The molecule has 2 atom stereocenters. The topological polar surface area (TPSA) is 56.5 Å². The molecule has 0 saturated carbocycles. The predicted molar refractivity (Wildman–Crippen MR) is 79.7 cm³/mol. The molecule has 1 aliphatic rings. The molecule has 3 N–H and O–H groups in total. The van der Waals surface area contributed by atoms with Gasteiger partial charge < -0.3 is 9.47 Å². The van der Waals surface area contributed by atoms with Crippen molar-refractivity contribution in [2.45, 2.75) is 30.6 Å². The lowest BCUT2D eigenvalue weighted by atomic mass is 9.98. The van der Waals surface area contributed by atoms with Gasteiger partial charge in [0.2, 0.25) is 0 Å². The van der Waals surface area contributed by atoms with Crippen molar-refractivity contribution >= 4 is 11.8 Å². The minimum atomic E-state index is 0.0522. The minimum absolute atomic E-state index is 0.0522. The number of hydrogen-bond donors (Lipinski definition) is 2. The van der Waals surface area contributed by atoms with Crippen LogP contribution in [0.5, 0.6) is 11.5 Å². The van der Waals surface area contributed by atoms with Crippen LogP contribution in [0.2, 0.25) is 0 Å². The zero-order chi connectivity index (χ0) is 13.7. The second-order valence-corrected chi connectivity index (χ2v) is 5.97. The van der Waals surface area contributed by atoms with Crippen LogP contribution in [0.1, 0.15) is 30.9 Å². The molecule has 0 amide bonds. The van der Waals surface area contributed by atoms with Gasteiger partial charge in [-0.3, -0.25) is 11.3 Å². The summed E-state index contributed by atoms with van der Waals surface area (Å²) in [5, 5.41) is 0.462. The Labute approximate surface area is 119 Å². The summed E-state index contributed by atoms with van der Waals surface area (Å²) in [5.41, 5.74) is 3.98. The number of nitrogens with two attached hydrogens (primary N) is 1. The zero-order valence-electron chi connectivity index (χ0n) is 11.5. The SMILES string of the molecule is COc1cccc(OC)c1C(NN)C1CCCCS1. The molecule has 0 radical (unpaired) electrons. The quantitative estimate of drug-likeness (QED) is 0.642. The molecule has 106 valence electrons. The summed E-state index contributed by atoms with van der Waals surface area (Å²) in [4.78, 5) is 0. The number of ether oxygens (including phenoxy) is 2. The summed E-state index contributed by atoms with van der Waals surface area (Å²) < 4.78 is 11.0. The van der Waals surface area contributed by atoms with Crippen molar-refractivity contribution in [3.05, 3.63) is 23.8 Å². The minimum Gasteiger partial charge on any atom is -0.496 e. The second-order valence-electron chi connectivity index (χ2n) is 4.63. The highest BCUT2D eigenvalue weighted by Gasteiger charge is 2.29. The van der Waals surface area contributed by atoms with Crippen molar-refractivity contribution < 1.29 is 9.47 Å². The monoisotopic (exact) mass is 282 g/mol. The number of benzene rings is 1. The fourth-order valence-corrected chi connectivity index (χ4v) is 4.01. The van der Waals surface area contributed by atoms with Crippen LogP contribution < -0.4 is 20.7 Å². The maximum atomic E-state index is 5.81. The highest BCUT2D eigenvalue weighted by molar-refractivity contribution is 8.00. The van der Waals surface area contributed by atoms with Crippen LogP contribution in [0.4, 0.5) is 0 Å². The van der Waals surface area contributed by atoms with Crippen molar-refractivity contribution in [1.82, 2.24) is 5.43 Å². The van der Waals surface area contributed by atoms with Crippen LogP contribution in [0.3, 0.4) is 0 Å². The van der Waals surface area contributed by atoms with Crippen molar-refractivity contribution in [3.8, 4) is 11.5 Å². The smallest absolute Gasteiger partial charge is 0.127 e. The average Bonchev–Trinajstić information content (AvgIpc) is 2.49. The largest absolute Gasteiger partial charge is 0.496 e. The van der Waals surface area contributed by atoms with Crippen LogP contribution in [0, 0.1) is 0 Å². The zero-order valence-corrected chi connectivity index (χ0v) is 12.3. The molecule has 1 aromatic carbocycles. The number of rotatable bonds is 5. The van der Waals surface area contributed by atoms with Gasteiger partial charge in [0.05, 0.1) is 25.8 Å². The Morgan fingerprint density at radius 1 is 1.26 bits per heavy atom. The Morgan fingerprint density at radius 3 is 2.42 bits per heavy atom. The van der Waals surface area contributed by atoms with Gasteiger partial charge in [-0.1, -0.05) is 12.5 Å². The molecule has 0 bridgehead atoms. The number of hydrazine groups is 1. The van der Waals surface area contributed by atoms with Gasteiger partial charge in [-0.25, -0.2) is 0 Å². The Kier molecular flexibility index (Phi) is 5.36. The van der Waals surface area contributed by atoms with Crippen molar-refractivity contribution in [3.63, 3.8) is 0 Å². The van der Waals surface area contributed by atoms with Crippen LogP contribution >= 0.6 is 11.8 Å². The Morgan fingerprint density at radius 2 is 1.95 bits per heavy atom. The van der Waals surface area contributed by atoms with Crippen LogP contribution in [0.15, 0.2) is 18.2 Å². The Hall–Kier alpha value is -0.910. The first kappa shape index (κ1) is 14.5. The summed E-state index contributed by atoms with van der Waals surface area (Å²) in [6.45, 7) is 0. The van der Waals surface area contributed by atoms with Crippen LogP contribution in [0.25, 0.3) is 0 Å². The molecule has 0 spiro atoms. The fraction of sp³-hybridized carbons (Fsp3) is 0.571. The van der Waals surface area contributed by atoms with E-state index >= 15 is 0 Å². The molecule has 5 heteroatoms.